The van der Waals surface area contributed by atoms with Crippen LogP contribution in [0.3, 0.4) is 0 Å². The molecule has 5 heteroatoms. The number of carbonyl (C=O) groups excluding carboxylic acids is 1. The van der Waals surface area contributed by atoms with Crippen molar-refractivity contribution >= 4 is 49.0 Å². The summed E-state index contributed by atoms with van der Waals surface area (Å²) in [6, 6.07) is 1.80. The van der Waals surface area contributed by atoms with Crippen LogP contribution in [0.25, 0.3) is 0 Å². The van der Waals surface area contributed by atoms with Crippen LogP contribution in [0.5, 0.6) is 0 Å². The molecule has 0 saturated heterocycles. The van der Waals surface area contributed by atoms with Crippen LogP contribution in [0.15, 0.2) is 26.3 Å². The first-order chi connectivity index (χ1) is 7.15. The number of hydrogen-bond acceptors (Lipinski definition) is 3. The van der Waals surface area contributed by atoms with E-state index in [9.17, 15) is 4.79 Å². The fourth-order valence-corrected chi connectivity index (χ4v) is 3.80. The predicted molar refractivity (Wildman–Crippen MR) is 69.7 cm³/mol. The molecule has 82 valence electrons. The third-order valence-electron chi connectivity index (χ3n) is 1.66. The highest BCUT2D eigenvalue weighted by molar-refractivity contribution is 9.12. The Morgan fingerprint density at radius 1 is 1.60 bits per heavy atom. The monoisotopic (exact) mass is 352 g/mol. The normalized spacial score (nSPS) is 10.3. The minimum atomic E-state index is -0.00659. The number of ketones is 1. The van der Waals surface area contributed by atoms with E-state index < -0.39 is 0 Å². The zero-order valence-corrected chi connectivity index (χ0v) is 12.0. The molecule has 2 nitrogen and oxygen atoms in total. The lowest BCUT2D eigenvalue weighted by molar-refractivity contribution is 0.0768. The summed E-state index contributed by atoms with van der Waals surface area (Å²) in [7, 11) is 0. The van der Waals surface area contributed by atoms with Gasteiger partial charge in [0.2, 0.25) is 0 Å². The van der Waals surface area contributed by atoms with E-state index in [0.29, 0.717) is 12.2 Å². The predicted octanol–water partition coefficient (Wildman–Crippen LogP) is 4.05. The Labute approximate surface area is 110 Å². The van der Waals surface area contributed by atoms with Gasteiger partial charge in [-0.2, -0.15) is 0 Å². The third-order valence-corrected chi connectivity index (χ3v) is 4.00. The fourth-order valence-electron chi connectivity index (χ4n) is 0.940. The SMILES string of the molecule is C=CCCOCC(=O)c1cc(Br)sc1Br. The number of Topliss-reactive ketones (excluding diaryl/α,β-unsaturated/α-hetero) is 1. The number of thiophene rings is 1. The van der Waals surface area contributed by atoms with Crippen LogP contribution in [0.4, 0.5) is 0 Å². The van der Waals surface area contributed by atoms with E-state index in [1.807, 2.05) is 0 Å². The van der Waals surface area contributed by atoms with Gasteiger partial charge in [-0.15, -0.1) is 17.9 Å². The number of halogens is 2. The topological polar surface area (TPSA) is 26.3 Å². The van der Waals surface area contributed by atoms with Gasteiger partial charge in [-0.1, -0.05) is 6.08 Å². The minimum absolute atomic E-state index is 0.00659. The van der Waals surface area contributed by atoms with Gasteiger partial charge in [-0.05, 0) is 44.3 Å². The maximum atomic E-state index is 11.6. The first kappa shape index (κ1) is 13.1. The molecular formula is C10H10Br2O2S. The van der Waals surface area contributed by atoms with E-state index in [4.69, 9.17) is 4.74 Å². The van der Waals surface area contributed by atoms with Crippen LogP contribution in [0.1, 0.15) is 16.8 Å². The molecule has 0 fully saturated rings. The number of carbonyl (C=O) groups is 1. The first-order valence-electron chi connectivity index (χ1n) is 4.32. The van der Waals surface area contributed by atoms with E-state index in [1.165, 1.54) is 11.3 Å². The molecule has 0 N–H and O–H groups in total. The number of hydrogen-bond donors (Lipinski definition) is 0. The maximum Gasteiger partial charge on any atom is 0.190 e. The van der Waals surface area contributed by atoms with Gasteiger partial charge in [0.05, 0.1) is 14.2 Å². The molecule has 1 aromatic rings. The molecule has 1 aromatic heterocycles. The Bertz CT molecular complexity index is 360. The average molecular weight is 354 g/mol. The van der Waals surface area contributed by atoms with Gasteiger partial charge in [0.15, 0.2) is 5.78 Å². The fraction of sp³-hybridized carbons (Fsp3) is 0.300. The second-order valence-electron chi connectivity index (χ2n) is 2.79. The summed E-state index contributed by atoms with van der Waals surface area (Å²) in [4.78, 5) is 11.6. The molecule has 0 saturated carbocycles. The molecule has 1 rings (SSSR count). The second kappa shape index (κ2) is 6.58. The van der Waals surface area contributed by atoms with Gasteiger partial charge in [0.1, 0.15) is 6.61 Å². The zero-order chi connectivity index (χ0) is 11.3. The first-order valence-corrected chi connectivity index (χ1v) is 6.72. The van der Waals surface area contributed by atoms with E-state index >= 15 is 0 Å². The van der Waals surface area contributed by atoms with Crippen LogP contribution in [-0.4, -0.2) is 19.0 Å². The molecule has 0 aliphatic heterocycles. The summed E-state index contributed by atoms with van der Waals surface area (Å²) >= 11 is 8.14. The van der Waals surface area contributed by atoms with Crippen molar-refractivity contribution in [3.05, 3.63) is 31.9 Å². The van der Waals surface area contributed by atoms with Crippen LogP contribution in [0.2, 0.25) is 0 Å². The lowest BCUT2D eigenvalue weighted by atomic mass is 10.2. The van der Waals surface area contributed by atoms with Gasteiger partial charge in [-0.25, -0.2) is 0 Å². The standard InChI is InChI=1S/C10H10Br2O2S/c1-2-3-4-14-6-8(13)7-5-9(11)15-10(7)12/h2,5H,1,3-4,6H2. The van der Waals surface area contributed by atoms with E-state index in [2.05, 4.69) is 38.4 Å². The molecule has 0 unspecified atom stereocenters. The summed E-state index contributed by atoms with van der Waals surface area (Å²) in [6.45, 7) is 4.24. The third kappa shape index (κ3) is 4.18. The van der Waals surface area contributed by atoms with E-state index in [-0.39, 0.29) is 12.4 Å². The lowest BCUT2D eigenvalue weighted by Gasteiger charge is -2.00. The van der Waals surface area contributed by atoms with Crippen molar-refractivity contribution in [2.24, 2.45) is 0 Å². The summed E-state index contributed by atoms with van der Waals surface area (Å²) in [5.41, 5.74) is 0.672. The number of rotatable bonds is 6. The Kier molecular flexibility index (Phi) is 5.74. The quantitative estimate of drug-likeness (QED) is 0.438. The number of ether oxygens (including phenoxy) is 1. The molecule has 15 heavy (non-hydrogen) atoms. The molecule has 0 radical (unpaired) electrons. The molecular weight excluding hydrogens is 344 g/mol. The van der Waals surface area contributed by atoms with Crippen molar-refractivity contribution in [2.75, 3.05) is 13.2 Å². The molecule has 0 spiro atoms. The van der Waals surface area contributed by atoms with Crippen molar-refractivity contribution in [1.29, 1.82) is 0 Å². The Morgan fingerprint density at radius 2 is 2.33 bits per heavy atom. The van der Waals surface area contributed by atoms with Crippen molar-refractivity contribution in [3.63, 3.8) is 0 Å². The smallest absolute Gasteiger partial charge is 0.190 e. The Balaban J connectivity index is 2.46. The van der Waals surface area contributed by atoms with Crippen molar-refractivity contribution in [1.82, 2.24) is 0 Å². The van der Waals surface area contributed by atoms with E-state index in [1.54, 1.807) is 12.1 Å². The maximum absolute atomic E-state index is 11.6. The molecule has 0 aliphatic rings. The van der Waals surface area contributed by atoms with E-state index in [0.717, 1.165) is 14.0 Å². The van der Waals surface area contributed by atoms with Crippen LogP contribution in [0, 0.1) is 0 Å². The molecule has 0 atom stereocenters. The Morgan fingerprint density at radius 3 is 2.87 bits per heavy atom. The second-order valence-corrected chi connectivity index (χ2v) is 6.54. The lowest BCUT2D eigenvalue weighted by Crippen LogP contribution is -2.09. The highest BCUT2D eigenvalue weighted by Crippen LogP contribution is 2.32. The van der Waals surface area contributed by atoms with Crippen LogP contribution in [-0.2, 0) is 4.74 Å². The highest BCUT2D eigenvalue weighted by Gasteiger charge is 2.13. The molecule has 0 aliphatic carbocycles. The van der Waals surface area contributed by atoms with Gasteiger partial charge in [-0.3, -0.25) is 4.79 Å². The summed E-state index contributed by atoms with van der Waals surface area (Å²) in [5.74, 6) is -0.00659. The van der Waals surface area contributed by atoms with Crippen molar-refractivity contribution in [2.45, 2.75) is 6.42 Å². The zero-order valence-electron chi connectivity index (χ0n) is 7.96. The average Bonchev–Trinajstić information content (AvgIpc) is 2.52. The Hall–Kier alpha value is 0.0300. The summed E-state index contributed by atoms with van der Waals surface area (Å²) in [6.07, 6.45) is 2.53. The molecule has 0 aromatic carbocycles. The largest absolute Gasteiger partial charge is 0.373 e. The van der Waals surface area contributed by atoms with Crippen LogP contribution < -0.4 is 0 Å². The minimum Gasteiger partial charge on any atom is -0.373 e. The van der Waals surface area contributed by atoms with Gasteiger partial charge < -0.3 is 4.74 Å². The molecule has 0 amide bonds. The molecule has 0 bridgehead atoms. The summed E-state index contributed by atoms with van der Waals surface area (Å²) < 4.78 is 6.98. The van der Waals surface area contributed by atoms with Gasteiger partial charge in [0.25, 0.3) is 0 Å². The van der Waals surface area contributed by atoms with Crippen molar-refractivity contribution in [3.8, 4) is 0 Å². The van der Waals surface area contributed by atoms with Gasteiger partial charge >= 0.3 is 0 Å². The summed E-state index contributed by atoms with van der Waals surface area (Å²) in [5, 5.41) is 0. The molecule has 1 heterocycles. The van der Waals surface area contributed by atoms with Crippen molar-refractivity contribution < 1.29 is 9.53 Å². The highest BCUT2D eigenvalue weighted by atomic mass is 79.9. The van der Waals surface area contributed by atoms with Gasteiger partial charge in [0, 0.05) is 5.56 Å². The van der Waals surface area contributed by atoms with Crippen LogP contribution >= 0.6 is 43.2 Å².